The molecule has 1 atom stereocenters. The van der Waals surface area contributed by atoms with Crippen LogP contribution in [0.25, 0.3) is 11.2 Å². The Morgan fingerprint density at radius 2 is 2.03 bits per heavy atom. The molecule has 5 rings (SSSR count). The predicted molar refractivity (Wildman–Crippen MR) is 142 cm³/mol. The van der Waals surface area contributed by atoms with Crippen LogP contribution in [0.5, 0.6) is 5.75 Å². The van der Waals surface area contributed by atoms with E-state index in [2.05, 4.69) is 16.5 Å². The summed E-state index contributed by atoms with van der Waals surface area (Å²) >= 11 is 6.59. The minimum atomic E-state index is -0.0915. The fourth-order valence-electron chi connectivity index (χ4n) is 4.58. The van der Waals surface area contributed by atoms with Gasteiger partial charge in [-0.15, -0.1) is 11.6 Å². The Kier molecular flexibility index (Phi) is 7.09. The molecule has 0 bridgehead atoms. The summed E-state index contributed by atoms with van der Waals surface area (Å²) in [6.45, 7) is 1.84. The number of allylic oxidation sites excluding steroid dienone is 4. The van der Waals surface area contributed by atoms with Gasteiger partial charge in [0.25, 0.3) is 0 Å². The molecule has 1 fully saturated rings. The summed E-state index contributed by atoms with van der Waals surface area (Å²) in [5.41, 5.74) is 3.75. The van der Waals surface area contributed by atoms with Crippen LogP contribution in [0, 0.1) is 0 Å². The lowest BCUT2D eigenvalue weighted by Gasteiger charge is -2.33. The number of hydrogen-bond acceptors (Lipinski definition) is 5. The van der Waals surface area contributed by atoms with E-state index in [-0.39, 0.29) is 17.3 Å². The number of aromatic nitrogens is 3. The molecule has 2 aliphatic rings. The van der Waals surface area contributed by atoms with E-state index in [9.17, 15) is 4.79 Å². The maximum Gasteiger partial charge on any atom is 0.225 e. The van der Waals surface area contributed by atoms with Crippen LogP contribution in [-0.2, 0) is 4.79 Å². The summed E-state index contributed by atoms with van der Waals surface area (Å²) in [7, 11) is 2.02. The van der Waals surface area contributed by atoms with Gasteiger partial charge in [0.15, 0.2) is 5.65 Å². The monoisotopic (exact) mass is 489 g/mol. The molecule has 9 heteroatoms. The van der Waals surface area contributed by atoms with Gasteiger partial charge < -0.3 is 15.0 Å². The Hall–Kier alpha value is -3.26. The third-order valence-electron chi connectivity index (χ3n) is 6.56. The molecule has 1 aromatic carbocycles. The number of nitrogens with zero attached hydrogens (tertiary/aromatic N) is 4. The van der Waals surface area contributed by atoms with E-state index >= 15 is 0 Å². The average molecular weight is 490 g/mol. The van der Waals surface area contributed by atoms with Crippen LogP contribution < -0.4 is 15.5 Å². The third kappa shape index (κ3) is 5.38. The van der Waals surface area contributed by atoms with Gasteiger partial charge in [0, 0.05) is 31.4 Å². The van der Waals surface area contributed by atoms with Crippen molar-refractivity contribution in [2.45, 2.75) is 37.1 Å². The lowest BCUT2D eigenvalue weighted by molar-refractivity contribution is -0.132. The standard InChI is InChI=1S/C26H29BClN5O2/c27-21-17-29-33-24(16-23(31-26(21)33)20-8-4-5-9-22(20)28)30-18-10-13-32(14-11-18)25(34)12-15-35-19-6-2-1-3-7-19/h1-8,16-18,22,30H,9-15,27H2. The van der Waals surface area contributed by atoms with E-state index in [1.54, 1.807) is 0 Å². The van der Waals surface area contributed by atoms with Crippen molar-refractivity contribution in [3.8, 4) is 5.75 Å². The Morgan fingerprint density at radius 1 is 1.23 bits per heavy atom. The molecule has 1 amide bonds. The smallest absolute Gasteiger partial charge is 0.225 e. The third-order valence-corrected chi connectivity index (χ3v) is 6.98. The summed E-state index contributed by atoms with van der Waals surface area (Å²) in [6.07, 6.45) is 10.9. The Balaban J connectivity index is 1.21. The number of nitrogens with one attached hydrogen (secondary N) is 1. The molecule has 3 aromatic rings. The number of fused-ring (bicyclic) bond motifs is 1. The van der Waals surface area contributed by atoms with E-state index in [0.717, 1.165) is 66.3 Å². The summed E-state index contributed by atoms with van der Waals surface area (Å²) in [6, 6.07) is 11.9. The number of anilines is 1. The number of halogens is 1. The number of rotatable bonds is 7. The van der Waals surface area contributed by atoms with E-state index in [1.807, 2.05) is 72.0 Å². The number of carbonyl (C=O) groups is 1. The number of hydrogen-bond donors (Lipinski definition) is 1. The lowest BCUT2D eigenvalue weighted by atomic mass is 9.99. The van der Waals surface area contributed by atoms with Gasteiger partial charge in [0.2, 0.25) is 5.91 Å². The molecule has 1 aliphatic heterocycles. The zero-order valence-electron chi connectivity index (χ0n) is 19.9. The van der Waals surface area contributed by atoms with Crippen molar-refractivity contribution in [2.24, 2.45) is 0 Å². The van der Waals surface area contributed by atoms with Crippen LogP contribution in [0.4, 0.5) is 5.82 Å². The quantitative estimate of drug-likeness (QED) is 0.408. The number of ether oxygens (including phenoxy) is 1. The van der Waals surface area contributed by atoms with Crippen LogP contribution in [0.2, 0.25) is 0 Å². The van der Waals surface area contributed by atoms with Gasteiger partial charge in [-0.05, 0) is 42.4 Å². The number of piperidine rings is 1. The van der Waals surface area contributed by atoms with Crippen molar-refractivity contribution in [1.29, 1.82) is 0 Å². The molecular weight excluding hydrogens is 461 g/mol. The summed E-state index contributed by atoms with van der Waals surface area (Å²) in [5, 5.41) is 8.11. The first kappa shape index (κ1) is 23.5. The minimum Gasteiger partial charge on any atom is -0.493 e. The van der Waals surface area contributed by atoms with Crippen LogP contribution in [0.15, 0.2) is 60.8 Å². The average Bonchev–Trinajstić information content (AvgIpc) is 3.26. The maximum absolute atomic E-state index is 12.7. The molecule has 0 radical (unpaired) electrons. The Morgan fingerprint density at radius 3 is 2.80 bits per heavy atom. The van der Waals surface area contributed by atoms with Crippen LogP contribution in [0.1, 0.15) is 31.4 Å². The van der Waals surface area contributed by atoms with Gasteiger partial charge in [-0.25, -0.2) is 4.98 Å². The van der Waals surface area contributed by atoms with E-state index in [4.69, 9.17) is 21.3 Å². The first-order chi connectivity index (χ1) is 17.1. The van der Waals surface area contributed by atoms with Crippen molar-refractivity contribution in [2.75, 3.05) is 25.0 Å². The van der Waals surface area contributed by atoms with Gasteiger partial charge in [-0.3, -0.25) is 4.79 Å². The first-order valence-corrected chi connectivity index (χ1v) is 12.6. The van der Waals surface area contributed by atoms with Crippen molar-refractivity contribution in [3.05, 3.63) is 66.5 Å². The molecule has 1 unspecified atom stereocenters. The second-order valence-corrected chi connectivity index (χ2v) is 9.58. The summed E-state index contributed by atoms with van der Waals surface area (Å²) < 4.78 is 7.55. The van der Waals surface area contributed by atoms with Crippen LogP contribution >= 0.6 is 11.6 Å². The fourth-order valence-corrected chi connectivity index (χ4v) is 4.87. The number of amides is 1. The largest absolute Gasteiger partial charge is 0.493 e. The van der Waals surface area contributed by atoms with Gasteiger partial charge >= 0.3 is 0 Å². The summed E-state index contributed by atoms with van der Waals surface area (Å²) in [4.78, 5) is 19.5. The molecule has 0 saturated carbocycles. The predicted octanol–water partition coefficient (Wildman–Crippen LogP) is 2.81. The van der Waals surface area contributed by atoms with Gasteiger partial charge in [0.05, 0.1) is 24.1 Å². The second-order valence-electron chi connectivity index (χ2n) is 9.05. The highest BCUT2D eigenvalue weighted by atomic mass is 35.5. The highest BCUT2D eigenvalue weighted by Crippen LogP contribution is 2.29. The van der Waals surface area contributed by atoms with Crippen LogP contribution in [-0.4, -0.2) is 64.4 Å². The van der Waals surface area contributed by atoms with Crippen LogP contribution in [0.3, 0.4) is 0 Å². The molecule has 1 saturated heterocycles. The Labute approximate surface area is 211 Å². The van der Waals surface area contributed by atoms with Gasteiger partial charge in [-0.2, -0.15) is 9.61 Å². The lowest BCUT2D eigenvalue weighted by Crippen LogP contribution is -2.43. The fraction of sp³-hybridized carbons (Fsp3) is 0.346. The number of alkyl halides is 1. The molecule has 2 aromatic heterocycles. The number of carbonyl (C=O) groups excluding carboxylic acids is 1. The topological polar surface area (TPSA) is 71.8 Å². The van der Waals surface area contributed by atoms with E-state index in [1.165, 1.54) is 0 Å². The molecule has 7 nitrogen and oxygen atoms in total. The molecule has 0 spiro atoms. The van der Waals surface area contributed by atoms with Crippen molar-refractivity contribution in [1.82, 2.24) is 19.5 Å². The highest BCUT2D eigenvalue weighted by Gasteiger charge is 2.24. The van der Waals surface area contributed by atoms with Crippen molar-refractivity contribution < 1.29 is 9.53 Å². The van der Waals surface area contributed by atoms with Gasteiger partial charge in [0.1, 0.15) is 19.4 Å². The zero-order valence-corrected chi connectivity index (χ0v) is 20.6. The first-order valence-electron chi connectivity index (χ1n) is 12.2. The molecule has 35 heavy (non-hydrogen) atoms. The minimum absolute atomic E-state index is 0.0915. The SMILES string of the molecule is Bc1cnn2c(NC3CCN(C(=O)CCOc4ccccc4)CC3)cc(C3=CC=CCC3Cl)nc12. The molecule has 1 aliphatic carbocycles. The normalized spacial score (nSPS) is 18.5. The van der Waals surface area contributed by atoms with E-state index < -0.39 is 0 Å². The Bertz CT molecular complexity index is 1250. The number of para-hydroxylation sites is 1. The van der Waals surface area contributed by atoms with Crippen molar-refractivity contribution in [3.63, 3.8) is 0 Å². The second kappa shape index (κ2) is 10.6. The van der Waals surface area contributed by atoms with Gasteiger partial charge in [-0.1, -0.05) is 36.4 Å². The summed E-state index contributed by atoms with van der Waals surface area (Å²) in [5.74, 6) is 1.83. The molecule has 3 heterocycles. The molecule has 180 valence electrons. The maximum atomic E-state index is 12.7. The van der Waals surface area contributed by atoms with E-state index in [0.29, 0.717) is 13.0 Å². The number of benzene rings is 1. The number of likely N-dealkylation sites (tertiary alicyclic amines) is 1. The van der Waals surface area contributed by atoms with Crippen molar-refractivity contribution >= 4 is 47.9 Å². The molecular formula is C26H29BClN5O2. The zero-order chi connectivity index (χ0) is 24.2. The highest BCUT2D eigenvalue weighted by molar-refractivity contribution is 6.36. The molecule has 1 N–H and O–H groups in total.